The van der Waals surface area contributed by atoms with Crippen molar-refractivity contribution in [3.63, 3.8) is 0 Å². The van der Waals surface area contributed by atoms with Crippen LogP contribution in [0.25, 0.3) is 0 Å². The van der Waals surface area contributed by atoms with E-state index < -0.39 is 10.0 Å². The second-order valence-electron chi connectivity index (χ2n) is 6.68. The van der Waals surface area contributed by atoms with Crippen molar-refractivity contribution in [3.05, 3.63) is 23.8 Å². The number of carbonyl (C=O) groups excluding carboxylic acids is 1. The van der Waals surface area contributed by atoms with Gasteiger partial charge in [0, 0.05) is 18.2 Å². The van der Waals surface area contributed by atoms with Crippen molar-refractivity contribution < 1.29 is 13.2 Å². The van der Waals surface area contributed by atoms with Crippen molar-refractivity contribution in [3.8, 4) is 0 Å². The summed E-state index contributed by atoms with van der Waals surface area (Å²) in [5.74, 6) is 0.209. The predicted molar refractivity (Wildman–Crippen MR) is 104 cm³/mol. The van der Waals surface area contributed by atoms with Gasteiger partial charge in [-0.3, -0.25) is 9.10 Å². The van der Waals surface area contributed by atoms with Gasteiger partial charge in [-0.2, -0.15) is 0 Å². The minimum Gasteiger partial charge on any atom is -0.326 e. The van der Waals surface area contributed by atoms with Gasteiger partial charge in [0.15, 0.2) is 0 Å². The van der Waals surface area contributed by atoms with Crippen molar-refractivity contribution in [2.45, 2.75) is 59.3 Å². The largest absolute Gasteiger partial charge is 0.326 e. The lowest BCUT2D eigenvalue weighted by Crippen LogP contribution is -2.36. The fourth-order valence-electron chi connectivity index (χ4n) is 3.43. The molecule has 1 aliphatic rings. The highest BCUT2D eigenvalue weighted by Crippen LogP contribution is 2.32. The number of rotatable bonds is 8. The molecule has 1 aliphatic heterocycles. The molecule has 0 spiro atoms. The SMILES string of the molecule is CCCC(CCC)C(=O)Nc1ccc2c(c1)CCCN2S(=O)(=O)CC. The summed E-state index contributed by atoms with van der Waals surface area (Å²) in [6.07, 6.45) is 5.42. The summed E-state index contributed by atoms with van der Waals surface area (Å²) in [7, 11) is -3.25. The number of benzene rings is 1. The Morgan fingerprint density at radius 1 is 1.20 bits per heavy atom. The molecule has 0 atom stereocenters. The average molecular weight is 367 g/mol. The smallest absolute Gasteiger partial charge is 0.234 e. The number of carbonyl (C=O) groups is 1. The number of sulfonamides is 1. The number of nitrogens with one attached hydrogen (secondary N) is 1. The molecular formula is C19H30N2O3S. The van der Waals surface area contributed by atoms with Crippen LogP contribution in [0, 0.1) is 5.92 Å². The summed E-state index contributed by atoms with van der Waals surface area (Å²) in [6.45, 7) is 6.39. The molecule has 0 fully saturated rings. The molecule has 1 heterocycles. The Morgan fingerprint density at radius 3 is 2.48 bits per heavy atom. The lowest BCUT2D eigenvalue weighted by atomic mass is 9.97. The van der Waals surface area contributed by atoms with Crippen molar-refractivity contribution in [2.24, 2.45) is 5.92 Å². The van der Waals surface area contributed by atoms with Crippen molar-refractivity contribution in [1.29, 1.82) is 0 Å². The summed E-state index contributed by atoms with van der Waals surface area (Å²) in [6, 6.07) is 5.57. The summed E-state index contributed by atoms with van der Waals surface area (Å²) in [4.78, 5) is 12.5. The standard InChI is InChI=1S/C19H30N2O3S/c1-4-8-15(9-5-2)19(22)20-17-11-12-18-16(14-17)10-7-13-21(18)25(23,24)6-3/h11-12,14-15H,4-10,13H2,1-3H3,(H,20,22). The number of anilines is 2. The van der Waals surface area contributed by atoms with Crippen LogP contribution in [0.5, 0.6) is 0 Å². The fourth-order valence-corrected chi connectivity index (χ4v) is 4.63. The molecule has 1 aromatic rings. The van der Waals surface area contributed by atoms with Gasteiger partial charge in [-0.1, -0.05) is 26.7 Å². The molecule has 140 valence electrons. The molecule has 0 aliphatic carbocycles. The molecule has 0 unspecified atom stereocenters. The highest BCUT2D eigenvalue weighted by molar-refractivity contribution is 7.92. The Kier molecular flexibility index (Phi) is 6.87. The molecule has 6 heteroatoms. The number of hydrogen-bond donors (Lipinski definition) is 1. The minimum absolute atomic E-state index is 0.0444. The lowest BCUT2D eigenvalue weighted by molar-refractivity contribution is -0.120. The molecule has 2 rings (SSSR count). The third-order valence-corrected chi connectivity index (χ3v) is 6.55. The maximum absolute atomic E-state index is 12.5. The number of hydrogen-bond acceptors (Lipinski definition) is 3. The van der Waals surface area contributed by atoms with Gasteiger partial charge in [-0.25, -0.2) is 8.42 Å². The zero-order valence-electron chi connectivity index (χ0n) is 15.5. The molecule has 1 amide bonds. The van der Waals surface area contributed by atoms with Gasteiger partial charge >= 0.3 is 0 Å². The van der Waals surface area contributed by atoms with Gasteiger partial charge in [0.2, 0.25) is 15.9 Å². The molecule has 0 aromatic heterocycles. The van der Waals surface area contributed by atoms with Crippen LogP contribution >= 0.6 is 0 Å². The van der Waals surface area contributed by atoms with Crippen molar-refractivity contribution >= 4 is 27.3 Å². The molecule has 0 radical (unpaired) electrons. The van der Waals surface area contributed by atoms with Crippen LogP contribution in [0.3, 0.4) is 0 Å². The van der Waals surface area contributed by atoms with E-state index in [1.807, 2.05) is 18.2 Å². The molecule has 0 saturated carbocycles. The third kappa shape index (κ3) is 4.75. The van der Waals surface area contributed by atoms with Gasteiger partial charge in [0.1, 0.15) is 0 Å². The van der Waals surface area contributed by atoms with Gasteiger partial charge in [-0.05, 0) is 56.4 Å². The van der Waals surface area contributed by atoms with Crippen LogP contribution < -0.4 is 9.62 Å². The monoisotopic (exact) mass is 366 g/mol. The van der Waals surface area contributed by atoms with E-state index in [4.69, 9.17) is 0 Å². The Labute approximate surface area is 151 Å². The first-order valence-electron chi connectivity index (χ1n) is 9.37. The maximum Gasteiger partial charge on any atom is 0.234 e. The number of aryl methyl sites for hydroxylation is 1. The Hall–Kier alpha value is -1.56. The lowest BCUT2D eigenvalue weighted by Gasteiger charge is -2.30. The van der Waals surface area contributed by atoms with Gasteiger partial charge in [-0.15, -0.1) is 0 Å². The van der Waals surface area contributed by atoms with E-state index in [1.165, 1.54) is 4.31 Å². The predicted octanol–water partition coefficient (Wildman–Crippen LogP) is 3.94. The number of fused-ring (bicyclic) bond motifs is 1. The third-order valence-electron chi connectivity index (χ3n) is 4.77. The maximum atomic E-state index is 12.5. The Balaban J connectivity index is 2.19. The quantitative estimate of drug-likeness (QED) is 0.758. The first kappa shape index (κ1) is 19.8. The second kappa shape index (κ2) is 8.70. The first-order chi connectivity index (χ1) is 11.9. The molecule has 25 heavy (non-hydrogen) atoms. The topological polar surface area (TPSA) is 66.5 Å². The number of amides is 1. The summed E-state index contributed by atoms with van der Waals surface area (Å²) < 4.78 is 26.0. The van der Waals surface area contributed by atoms with Crippen molar-refractivity contribution in [1.82, 2.24) is 0 Å². The highest BCUT2D eigenvalue weighted by Gasteiger charge is 2.26. The Morgan fingerprint density at radius 2 is 1.88 bits per heavy atom. The first-order valence-corrected chi connectivity index (χ1v) is 11.0. The second-order valence-corrected chi connectivity index (χ2v) is 8.87. The molecule has 0 bridgehead atoms. The number of nitrogens with zero attached hydrogens (tertiary/aromatic N) is 1. The van der Waals surface area contributed by atoms with E-state index in [2.05, 4.69) is 19.2 Å². The molecule has 0 saturated heterocycles. The molecule has 1 aromatic carbocycles. The van der Waals surface area contributed by atoms with Crippen LogP contribution in [0.15, 0.2) is 18.2 Å². The van der Waals surface area contributed by atoms with Crippen LogP contribution in [-0.4, -0.2) is 26.6 Å². The zero-order chi connectivity index (χ0) is 18.4. The Bertz CT molecular complexity index is 695. The fraction of sp³-hybridized carbons (Fsp3) is 0.632. The summed E-state index contributed by atoms with van der Waals surface area (Å²) in [5, 5.41) is 3.02. The minimum atomic E-state index is -3.25. The van der Waals surface area contributed by atoms with Crippen LogP contribution in [-0.2, 0) is 21.2 Å². The molecule has 5 nitrogen and oxygen atoms in total. The molecular weight excluding hydrogens is 336 g/mol. The van der Waals surface area contributed by atoms with Crippen LogP contribution in [0.4, 0.5) is 11.4 Å². The normalized spacial score (nSPS) is 14.5. The van der Waals surface area contributed by atoms with E-state index in [-0.39, 0.29) is 17.6 Å². The zero-order valence-corrected chi connectivity index (χ0v) is 16.4. The summed E-state index contributed by atoms with van der Waals surface area (Å²) in [5.41, 5.74) is 2.50. The van der Waals surface area contributed by atoms with Gasteiger partial charge < -0.3 is 5.32 Å². The van der Waals surface area contributed by atoms with E-state index in [9.17, 15) is 13.2 Å². The van der Waals surface area contributed by atoms with E-state index in [0.717, 1.165) is 55.5 Å². The summed E-state index contributed by atoms with van der Waals surface area (Å²) >= 11 is 0. The average Bonchev–Trinajstić information content (AvgIpc) is 2.60. The van der Waals surface area contributed by atoms with Gasteiger partial charge in [0.25, 0.3) is 0 Å². The van der Waals surface area contributed by atoms with E-state index in [0.29, 0.717) is 6.54 Å². The van der Waals surface area contributed by atoms with E-state index in [1.54, 1.807) is 6.92 Å². The van der Waals surface area contributed by atoms with Crippen molar-refractivity contribution in [2.75, 3.05) is 21.9 Å². The van der Waals surface area contributed by atoms with Crippen LogP contribution in [0.1, 0.15) is 58.4 Å². The van der Waals surface area contributed by atoms with Crippen LogP contribution in [0.2, 0.25) is 0 Å². The molecule has 1 N–H and O–H groups in total. The van der Waals surface area contributed by atoms with E-state index >= 15 is 0 Å². The highest BCUT2D eigenvalue weighted by atomic mass is 32.2. The van der Waals surface area contributed by atoms with Gasteiger partial charge in [0.05, 0.1) is 11.4 Å².